The third-order valence-corrected chi connectivity index (χ3v) is 2.48. The van der Waals surface area contributed by atoms with Crippen LogP contribution in [0.5, 0.6) is 0 Å². The lowest BCUT2D eigenvalue weighted by atomic mass is 10.1. The average Bonchev–Trinajstić information content (AvgIpc) is 2.39. The van der Waals surface area contributed by atoms with Crippen LogP contribution in [0.3, 0.4) is 0 Å². The van der Waals surface area contributed by atoms with Gasteiger partial charge in [-0.15, -0.1) is 0 Å². The van der Waals surface area contributed by atoms with Crippen LogP contribution in [0, 0.1) is 10.1 Å². The van der Waals surface area contributed by atoms with Crippen LogP contribution in [0.1, 0.15) is 12.5 Å². The Balaban J connectivity index is 3.00. The number of nitro groups is 1. The number of rotatable bonds is 6. The second kappa shape index (κ2) is 7.07. The van der Waals surface area contributed by atoms with Crippen molar-refractivity contribution in [1.29, 1.82) is 0 Å². The van der Waals surface area contributed by atoms with Gasteiger partial charge in [-0.05, 0) is 17.5 Å². The molecule has 8 heteroatoms. The fourth-order valence-electron chi connectivity index (χ4n) is 1.61. The van der Waals surface area contributed by atoms with E-state index in [1.54, 1.807) is 30.3 Å². The third-order valence-electron chi connectivity index (χ3n) is 2.48. The number of hydrogen-bond donors (Lipinski definition) is 1. The number of carbonyl (C=O) groups excluding carboxylic acids is 1. The van der Waals surface area contributed by atoms with Crippen molar-refractivity contribution < 1.29 is 24.5 Å². The molecule has 20 heavy (non-hydrogen) atoms. The monoisotopic (exact) mass is 282 g/mol. The number of ether oxygens (including phenoxy) is 1. The molecule has 0 aliphatic rings. The Hall–Kier alpha value is -2.64. The first-order chi connectivity index (χ1) is 9.47. The van der Waals surface area contributed by atoms with E-state index in [1.165, 1.54) is 6.92 Å². The van der Waals surface area contributed by atoms with E-state index in [9.17, 15) is 19.7 Å². The zero-order valence-electron chi connectivity index (χ0n) is 10.8. The summed E-state index contributed by atoms with van der Waals surface area (Å²) < 4.78 is 4.52. The van der Waals surface area contributed by atoms with Crippen molar-refractivity contribution in [2.24, 2.45) is 0 Å². The molecular weight excluding hydrogens is 268 g/mol. The average molecular weight is 282 g/mol. The second-order valence-corrected chi connectivity index (χ2v) is 3.83. The molecule has 0 fully saturated rings. The zero-order valence-corrected chi connectivity index (χ0v) is 10.8. The lowest BCUT2D eigenvalue weighted by molar-refractivity contribution is -0.641. The molecule has 0 radical (unpaired) electrons. The fraction of sp³-hybridized carbons (Fsp3) is 0.333. The molecular formula is C12H14N2O6. The normalized spacial score (nSPS) is 11.4. The van der Waals surface area contributed by atoms with E-state index < -0.39 is 23.1 Å². The number of amides is 1. The summed E-state index contributed by atoms with van der Waals surface area (Å²) in [5.41, 5.74) is 0.566. The molecule has 0 bridgehead atoms. The summed E-state index contributed by atoms with van der Waals surface area (Å²) in [6.07, 6.45) is -1.48. The van der Waals surface area contributed by atoms with Crippen LogP contribution < -0.4 is 0 Å². The van der Waals surface area contributed by atoms with Crippen molar-refractivity contribution in [3.8, 4) is 0 Å². The highest BCUT2D eigenvalue weighted by molar-refractivity contribution is 5.79. The van der Waals surface area contributed by atoms with Crippen LogP contribution in [-0.2, 0) is 16.0 Å². The van der Waals surface area contributed by atoms with Crippen LogP contribution >= 0.6 is 0 Å². The lowest BCUT2D eigenvalue weighted by Gasteiger charge is -2.18. The molecule has 0 aliphatic heterocycles. The number of benzene rings is 1. The Morgan fingerprint density at radius 1 is 1.40 bits per heavy atom. The van der Waals surface area contributed by atoms with Crippen LogP contribution in [0.2, 0.25) is 0 Å². The van der Waals surface area contributed by atoms with Gasteiger partial charge in [-0.1, -0.05) is 30.3 Å². The fourth-order valence-corrected chi connectivity index (χ4v) is 1.61. The van der Waals surface area contributed by atoms with Gasteiger partial charge in [0.25, 0.3) is 0 Å². The summed E-state index contributed by atoms with van der Waals surface area (Å²) in [5.74, 6) is -1.47. The summed E-state index contributed by atoms with van der Waals surface area (Å²) in [5, 5.41) is 19.0. The first-order valence-electron chi connectivity index (χ1n) is 5.84. The molecule has 0 saturated carbocycles. The minimum Gasteiger partial charge on any atom is -0.480 e. The first-order valence-corrected chi connectivity index (χ1v) is 5.84. The van der Waals surface area contributed by atoms with Gasteiger partial charge in [-0.25, -0.2) is 19.7 Å². The molecule has 108 valence electrons. The Morgan fingerprint density at radius 2 is 2.00 bits per heavy atom. The van der Waals surface area contributed by atoms with E-state index in [0.717, 1.165) is 0 Å². The highest BCUT2D eigenvalue weighted by atomic mass is 16.7. The van der Waals surface area contributed by atoms with E-state index in [-0.39, 0.29) is 18.0 Å². The van der Waals surface area contributed by atoms with E-state index in [4.69, 9.17) is 5.11 Å². The Bertz CT molecular complexity index is 490. The van der Waals surface area contributed by atoms with Gasteiger partial charge in [0.15, 0.2) is 5.03 Å². The molecule has 1 N–H and O–H groups in total. The standard InChI is InChI=1S/C12H14N2O6/c1-2-20-12(17)13(14(18)19)10(11(15)16)8-9-6-4-3-5-7-9/h3-7,10H,2,8H2,1H3,(H,15,16)/t10-/m0/s1. The highest BCUT2D eigenvalue weighted by Gasteiger charge is 2.40. The van der Waals surface area contributed by atoms with Crippen molar-refractivity contribution in [2.45, 2.75) is 19.4 Å². The highest BCUT2D eigenvalue weighted by Crippen LogP contribution is 2.11. The van der Waals surface area contributed by atoms with Crippen LogP contribution in [0.15, 0.2) is 30.3 Å². The van der Waals surface area contributed by atoms with Gasteiger partial charge in [0, 0.05) is 6.42 Å². The van der Waals surface area contributed by atoms with Gasteiger partial charge >= 0.3 is 12.1 Å². The Morgan fingerprint density at radius 3 is 2.45 bits per heavy atom. The summed E-state index contributed by atoms with van der Waals surface area (Å²) in [7, 11) is 0. The maximum absolute atomic E-state index is 11.5. The number of carboxylic acids is 1. The summed E-state index contributed by atoms with van der Waals surface area (Å²) in [6, 6.07) is 6.70. The van der Waals surface area contributed by atoms with E-state index in [0.29, 0.717) is 5.56 Å². The van der Waals surface area contributed by atoms with Crippen molar-refractivity contribution in [2.75, 3.05) is 6.61 Å². The molecule has 0 saturated heterocycles. The third kappa shape index (κ3) is 3.94. The minimum absolute atomic E-state index is 0.00116. The molecule has 0 aromatic heterocycles. The van der Waals surface area contributed by atoms with Crippen molar-refractivity contribution in [3.63, 3.8) is 0 Å². The molecule has 1 aromatic carbocycles. The molecule has 0 aliphatic carbocycles. The number of nitrogens with zero attached hydrogens (tertiary/aromatic N) is 2. The predicted molar refractivity (Wildman–Crippen MR) is 67.4 cm³/mol. The van der Waals surface area contributed by atoms with Gasteiger partial charge in [-0.3, -0.25) is 0 Å². The predicted octanol–water partition coefficient (Wildman–Crippen LogP) is 1.33. The molecule has 1 rings (SSSR count). The quantitative estimate of drug-likeness (QED) is 0.622. The maximum atomic E-state index is 11.5. The summed E-state index contributed by atoms with van der Waals surface area (Å²) in [4.78, 5) is 33.6. The van der Waals surface area contributed by atoms with Crippen molar-refractivity contribution in [1.82, 2.24) is 5.01 Å². The number of carboxylic acid groups (broad SMARTS) is 1. The van der Waals surface area contributed by atoms with Crippen molar-refractivity contribution >= 4 is 12.1 Å². The lowest BCUT2D eigenvalue weighted by Crippen LogP contribution is -2.49. The van der Waals surface area contributed by atoms with E-state index in [2.05, 4.69) is 4.74 Å². The van der Waals surface area contributed by atoms with E-state index in [1.807, 2.05) is 0 Å². The van der Waals surface area contributed by atoms with E-state index >= 15 is 0 Å². The molecule has 1 aromatic rings. The minimum atomic E-state index is -1.63. The Labute approximate surface area is 114 Å². The Kier molecular flexibility index (Phi) is 5.45. The largest absolute Gasteiger partial charge is 0.480 e. The van der Waals surface area contributed by atoms with Gasteiger partial charge in [0.2, 0.25) is 6.04 Å². The van der Waals surface area contributed by atoms with Gasteiger partial charge in [0.1, 0.15) is 0 Å². The molecule has 1 atom stereocenters. The molecule has 0 heterocycles. The number of hydrazine groups is 1. The second-order valence-electron chi connectivity index (χ2n) is 3.83. The number of hydrogen-bond acceptors (Lipinski definition) is 5. The zero-order chi connectivity index (χ0) is 15.1. The molecule has 1 amide bonds. The first kappa shape index (κ1) is 15.4. The van der Waals surface area contributed by atoms with Gasteiger partial charge in [-0.2, -0.15) is 0 Å². The van der Waals surface area contributed by atoms with Crippen LogP contribution in [0.25, 0.3) is 0 Å². The molecule has 0 unspecified atom stereocenters. The molecule has 0 spiro atoms. The number of aliphatic carboxylic acids is 1. The van der Waals surface area contributed by atoms with Crippen LogP contribution in [-0.4, -0.2) is 39.9 Å². The van der Waals surface area contributed by atoms with Gasteiger partial charge < -0.3 is 9.84 Å². The number of carbonyl (C=O) groups is 2. The maximum Gasteiger partial charge on any atom is 0.469 e. The topological polar surface area (TPSA) is 110 Å². The summed E-state index contributed by atoms with van der Waals surface area (Å²) >= 11 is 0. The SMILES string of the molecule is CCOC(=O)N([C@@H](Cc1ccccc1)C(=O)O)[N+](=O)[O-]. The smallest absolute Gasteiger partial charge is 0.469 e. The summed E-state index contributed by atoms with van der Waals surface area (Å²) in [6.45, 7) is 1.39. The van der Waals surface area contributed by atoms with Crippen molar-refractivity contribution in [3.05, 3.63) is 46.0 Å². The van der Waals surface area contributed by atoms with Gasteiger partial charge in [0.05, 0.1) is 6.61 Å². The molecule has 8 nitrogen and oxygen atoms in total. The van der Waals surface area contributed by atoms with Crippen LogP contribution in [0.4, 0.5) is 4.79 Å².